The first-order valence-corrected chi connectivity index (χ1v) is 7.72. The van der Waals surface area contributed by atoms with Crippen LogP contribution in [-0.2, 0) is 17.8 Å². The summed E-state index contributed by atoms with van der Waals surface area (Å²) in [5, 5.41) is 3.96. The van der Waals surface area contributed by atoms with Gasteiger partial charge >= 0.3 is 0 Å². The Bertz CT molecular complexity index is 460. The van der Waals surface area contributed by atoms with Crippen molar-refractivity contribution in [1.29, 1.82) is 0 Å². The number of piperazine rings is 1. The molecule has 2 rings (SSSR count). The van der Waals surface area contributed by atoms with E-state index in [9.17, 15) is 4.79 Å². The van der Waals surface area contributed by atoms with Gasteiger partial charge in [0.05, 0.1) is 12.6 Å². The van der Waals surface area contributed by atoms with Crippen molar-refractivity contribution in [3.8, 4) is 0 Å². The van der Waals surface area contributed by atoms with Crippen molar-refractivity contribution in [1.82, 2.24) is 19.9 Å². The number of amides is 1. The quantitative estimate of drug-likeness (QED) is 0.830. The van der Waals surface area contributed by atoms with Crippen molar-refractivity contribution < 1.29 is 9.32 Å². The van der Waals surface area contributed by atoms with Crippen LogP contribution in [-0.4, -0.2) is 58.1 Å². The van der Waals surface area contributed by atoms with Crippen LogP contribution in [0.15, 0.2) is 4.52 Å². The molecule has 126 valence electrons. The molecule has 1 aliphatic rings. The van der Waals surface area contributed by atoms with Crippen molar-refractivity contribution in [3.05, 3.63) is 11.7 Å². The Balaban J connectivity index is 0.00000242. The van der Waals surface area contributed by atoms with E-state index < -0.39 is 0 Å². The molecule has 1 unspecified atom stereocenters. The highest BCUT2D eigenvalue weighted by Gasteiger charge is 2.25. The minimum Gasteiger partial charge on any atom is -0.339 e. The smallest absolute Gasteiger partial charge is 0.239 e. The molecule has 0 radical (unpaired) electrons. The number of carbonyl (C=O) groups is 1. The molecule has 8 heteroatoms. The van der Waals surface area contributed by atoms with Crippen LogP contribution in [0.25, 0.3) is 0 Å². The second kappa shape index (κ2) is 9.07. The predicted octanol–water partition coefficient (Wildman–Crippen LogP) is 0.825. The highest BCUT2D eigenvalue weighted by atomic mass is 35.5. The monoisotopic (exact) mass is 331 g/mol. The molecule has 1 atom stereocenters. The van der Waals surface area contributed by atoms with Crippen LogP contribution in [0.1, 0.15) is 38.4 Å². The lowest BCUT2D eigenvalue weighted by Gasteiger charge is -2.35. The van der Waals surface area contributed by atoms with Crippen molar-refractivity contribution in [3.63, 3.8) is 0 Å². The Labute approximate surface area is 137 Å². The minimum absolute atomic E-state index is 0. The molecule has 1 aromatic heterocycles. The SMILES string of the molecule is CCCC(N)C(=O)N1CCN(Cc2noc(CC)n2)CC1.Cl. The van der Waals surface area contributed by atoms with Gasteiger partial charge in [0, 0.05) is 32.6 Å². The molecule has 0 aromatic carbocycles. The number of nitrogens with two attached hydrogens (primary N) is 1. The largest absolute Gasteiger partial charge is 0.339 e. The molecule has 0 spiro atoms. The molecule has 22 heavy (non-hydrogen) atoms. The maximum Gasteiger partial charge on any atom is 0.239 e. The highest BCUT2D eigenvalue weighted by molar-refractivity contribution is 5.85. The van der Waals surface area contributed by atoms with Crippen molar-refractivity contribution in [2.45, 2.75) is 45.7 Å². The summed E-state index contributed by atoms with van der Waals surface area (Å²) in [6, 6.07) is -0.356. The van der Waals surface area contributed by atoms with Crippen LogP contribution in [0.5, 0.6) is 0 Å². The summed E-state index contributed by atoms with van der Waals surface area (Å²) < 4.78 is 5.10. The number of aromatic nitrogens is 2. The van der Waals surface area contributed by atoms with E-state index >= 15 is 0 Å². The van der Waals surface area contributed by atoms with Crippen LogP contribution in [0.2, 0.25) is 0 Å². The Morgan fingerprint density at radius 3 is 2.55 bits per heavy atom. The van der Waals surface area contributed by atoms with E-state index in [4.69, 9.17) is 10.3 Å². The average molecular weight is 332 g/mol. The van der Waals surface area contributed by atoms with Crippen molar-refractivity contribution in [2.75, 3.05) is 26.2 Å². The van der Waals surface area contributed by atoms with Gasteiger partial charge in [0.25, 0.3) is 0 Å². The van der Waals surface area contributed by atoms with Gasteiger partial charge < -0.3 is 15.2 Å². The van der Waals surface area contributed by atoms with Gasteiger partial charge in [-0.05, 0) is 6.42 Å². The number of aryl methyl sites for hydroxylation is 1. The standard InChI is InChI=1S/C14H25N5O2.ClH/c1-3-5-11(15)14(20)19-8-6-18(7-9-19)10-12-16-13(4-2)21-17-12;/h11H,3-10,15H2,1-2H3;1H. The summed E-state index contributed by atoms with van der Waals surface area (Å²) in [6.07, 6.45) is 2.44. The third kappa shape index (κ3) is 4.93. The van der Waals surface area contributed by atoms with Crippen LogP contribution in [0.4, 0.5) is 0 Å². The Morgan fingerprint density at radius 2 is 2.00 bits per heavy atom. The fourth-order valence-corrected chi connectivity index (χ4v) is 2.49. The molecule has 0 saturated carbocycles. The van der Waals surface area contributed by atoms with Crippen LogP contribution in [0, 0.1) is 0 Å². The first-order chi connectivity index (χ1) is 10.1. The summed E-state index contributed by atoms with van der Waals surface area (Å²) in [5.41, 5.74) is 5.90. The molecule has 7 nitrogen and oxygen atoms in total. The maximum atomic E-state index is 12.1. The highest BCUT2D eigenvalue weighted by Crippen LogP contribution is 2.09. The zero-order valence-electron chi connectivity index (χ0n) is 13.3. The number of hydrogen-bond acceptors (Lipinski definition) is 6. The minimum atomic E-state index is -0.356. The van der Waals surface area contributed by atoms with E-state index in [1.165, 1.54) is 0 Å². The van der Waals surface area contributed by atoms with E-state index in [2.05, 4.69) is 15.0 Å². The third-order valence-corrected chi connectivity index (χ3v) is 3.78. The maximum absolute atomic E-state index is 12.1. The molecule has 1 saturated heterocycles. The van der Waals surface area contributed by atoms with Crippen molar-refractivity contribution in [2.24, 2.45) is 5.73 Å². The van der Waals surface area contributed by atoms with Gasteiger partial charge in [0.15, 0.2) is 5.82 Å². The average Bonchev–Trinajstić information content (AvgIpc) is 2.95. The summed E-state index contributed by atoms with van der Waals surface area (Å²) in [7, 11) is 0. The normalized spacial score (nSPS) is 17.1. The van der Waals surface area contributed by atoms with Crippen LogP contribution in [0.3, 0.4) is 0 Å². The summed E-state index contributed by atoms with van der Waals surface area (Å²) in [4.78, 5) is 20.5. The van der Waals surface area contributed by atoms with Crippen LogP contribution >= 0.6 is 12.4 Å². The topological polar surface area (TPSA) is 88.5 Å². The Kier molecular flexibility index (Phi) is 7.78. The lowest BCUT2D eigenvalue weighted by atomic mass is 10.1. The molecule has 0 aliphatic carbocycles. The van der Waals surface area contributed by atoms with Gasteiger partial charge in [-0.1, -0.05) is 25.4 Å². The zero-order valence-corrected chi connectivity index (χ0v) is 14.1. The summed E-state index contributed by atoms with van der Waals surface area (Å²) >= 11 is 0. The van der Waals surface area contributed by atoms with E-state index in [1.807, 2.05) is 18.7 Å². The van der Waals surface area contributed by atoms with E-state index in [1.54, 1.807) is 0 Å². The molecule has 2 heterocycles. The summed E-state index contributed by atoms with van der Waals surface area (Å²) in [5.74, 6) is 1.46. The molecule has 1 aliphatic heterocycles. The second-order valence-corrected chi connectivity index (χ2v) is 5.45. The Hall–Kier alpha value is -1.18. The van der Waals surface area contributed by atoms with E-state index in [-0.39, 0.29) is 24.4 Å². The molecule has 0 bridgehead atoms. The lowest BCUT2D eigenvalue weighted by molar-refractivity contribution is -0.134. The van der Waals surface area contributed by atoms with Gasteiger partial charge in [-0.25, -0.2) is 0 Å². The molecular formula is C14H26ClN5O2. The number of rotatable bonds is 6. The number of halogens is 1. The first-order valence-electron chi connectivity index (χ1n) is 7.72. The van der Waals surface area contributed by atoms with Gasteiger partial charge in [-0.3, -0.25) is 9.69 Å². The summed E-state index contributed by atoms with van der Waals surface area (Å²) in [6.45, 7) is 7.78. The van der Waals surface area contributed by atoms with Gasteiger partial charge in [-0.2, -0.15) is 4.98 Å². The Morgan fingerprint density at radius 1 is 1.32 bits per heavy atom. The second-order valence-electron chi connectivity index (χ2n) is 5.45. The van der Waals surface area contributed by atoms with Gasteiger partial charge in [0.1, 0.15) is 0 Å². The predicted molar refractivity (Wildman–Crippen MR) is 85.7 cm³/mol. The van der Waals surface area contributed by atoms with E-state index in [0.717, 1.165) is 32.4 Å². The first kappa shape index (κ1) is 18.9. The number of hydrogen-bond donors (Lipinski definition) is 1. The van der Waals surface area contributed by atoms with Crippen molar-refractivity contribution >= 4 is 18.3 Å². The molecule has 1 amide bonds. The molecule has 2 N–H and O–H groups in total. The number of carbonyl (C=O) groups excluding carboxylic acids is 1. The third-order valence-electron chi connectivity index (χ3n) is 3.78. The fourth-order valence-electron chi connectivity index (χ4n) is 2.49. The zero-order chi connectivity index (χ0) is 15.2. The van der Waals surface area contributed by atoms with Gasteiger partial charge in [-0.15, -0.1) is 12.4 Å². The van der Waals surface area contributed by atoms with E-state index in [0.29, 0.717) is 31.3 Å². The molecular weight excluding hydrogens is 306 g/mol. The number of nitrogens with zero attached hydrogens (tertiary/aromatic N) is 4. The fraction of sp³-hybridized carbons (Fsp3) is 0.786. The molecule has 1 fully saturated rings. The van der Waals surface area contributed by atoms with Crippen LogP contribution < -0.4 is 5.73 Å². The lowest BCUT2D eigenvalue weighted by Crippen LogP contribution is -2.52. The molecule has 1 aromatic rings. The van der Waals surface area contributed by atoms with Gasteiger partial charge in [0.2, 0.25) is 11.8 Å².